The van der Waals surface area contributed by atoms with Crippen molar-refractivity contribution in [1.82, 2.24) is 10.3 Å². The first-order valence-electron chi connectivity index (χ1n) is 7.17. The van der Waals surface area contributed by atoms with E-state index in [0.717, 1.165) is 22.0 Å². The van der Waals surface area contributed by atoms with Crippen molar-refractivity contribution in [3.63, 3.8) is 0 Å². The van der Waals surface area contributed by atoms with E-state index >= 15 is 0 Å². The molecule has 0 aliphatic heterocycles. The maximum absolute atomic E-state index is 11.8. The van der Waals surface area contributed by atoms with Crippen molar-refractivity contribution in [2.24, 2.45) is 0 Å². The van der Waals surface area contributed by atoms with Crippen LogP contribution >= 0.6 is 11.3 Å². The van der Waals surface area contributed by atoms with Crippen LogP contribution in [0.2, 0.25) is 0 Å². The second-order valence-corrected chi connectivity index (χ2v) is 5.69. The number of furan rings is 1. The molecule has 0 bridgehead atoms. The molecule has 0 aliphatic rings. The number of aromatic nitrogens is 1. The third kappa shape index (κ3) is 3.60. The molecule has 118 valence electrons. The van der Waals surface area contributed by atoms with Crippen molar-refractivity contribution in [2.75, 3.05) is 13.7 Å². The lowest BCUT2D eigenvalue weighted by Gasteiger charge is -2.04. The van der Waals surface area contributed by atoms with Crippen molar-refractivity contribution in [3.05, 3.63) is 59.5 Å². The van der Waals surface area contributed by atoms with Gasteiger partial charge in [0.1, 0.15) is 10.8 Å². The summed E-state index contributed by atoms with van der Waals surface area (Å²) < 4.78 is 10.4. The van der Waals surface area contributed by atoms with Crippen molar-refractivity contribution in [2.45, 2.75) is 6.42 Å². The summed E-state index contributed by atoms with van der Waals surface area (Å²) >= 11 is 1.57. The molecule has 0 radical (unpaired) electrons. The molecule has 3 aromatic rings. The van der Waals surface area contributed by atoms with Gasteiger partial charge in [-0.05, 0) is 24.3 Å². The Morgan fingerprint density at radius 3 is 2.96 bits per heavy atom. The molecule has 2 heterocycles. The molecule has 0 saturated heterocycles. The average Bonchev–Trinajstić information content (AvgIpc) is 3.26. The second kappa shape index (κ2) is 7.11. The summed E-state index contributed by atoms with van der Waals surface area (Å²) in [7, 11) is 1.65. The Labute approximate surface area is 137 Å². The van der Waals surface area contributed by atoms with Crippen LogP contribution in [0.5, 0.6) is 5.75 Å². The van der Waals surface area contributed by atoms with Gasteiger partial charge in [0, 0.05) is 18.3 Å². The van der Waals surface area contributed by atoms with E-state index in [1.807, 2.05) is 29.6 Å². The van der Waals surface area contributed by atoms with Gasteiger partial charge in [-0.1, -0.05) is 12.1 Å². The second-order valence-electron chi connectivity index (χ2n) is 4.83. The molecule has 23 heavy (non-hydrogen) atoms. The topological polar surface area (TPSA) is 64.4 Å². The number of carbonyl (C=O) groups is 1. The van der Waals surface area contributed by atoms with Gasteiger partial charge in [0.25, 0.3) is 5.91 Å². The van der Waals surface area contributed by atoms with Crippen LogP contribution in [0, 0.1) is 0 Å². The van der Waals surface area contributed by atoms with Crippen LogP contribution in [-0.2, 0) is 6.42 Å². The van der Waals surface area contributed by atoms with Gasteiger partial charge in [0.05, 0.1) is 24.6 Å². The Hall–Kier alpha value is -2.60. The normalized spacial score (nSPS) is 10.5. The highest BCUT2D eigenvalue weighted by Crippen LogP contribution is 2.31. The zero-order chi connectivity index (χ0) is 16.1. The van der Waals surface area contributed by atoms with E-state index in [4.69, 9.17) is 9.15 Å². The van der Waals surface area contributed by atoms with Crippen LogP contribution in [0.4, 0.5) is 0 Å². The van der Waals surface area contributed by atoms with Crippen molar-refractivity contribution < 1.29 is 13.9 Å². The molecule has 0 saturated carbocycles. The molecule has 0 spiro atoms. The SMILES string of the molecule is COc1ccccc1-c1nc(CCNC(=O)c2ccco2)cs1. The standard InChI is InChI=1S/C17H16N2O3S/c1-21-14-6-3-2-5-13(14)17-19-12(11-23-17)8-9-18-16(20)15-7-4-10-22-15/h2-7,10-11H,8-9H2,1H3,(H,18,20). The molecule has 1 aromatic carbocycles. The molecule has 0 unspecified atom stereocenters. The third-order valence-electron chi connectivity index (χ3n) is 3.30. The van der Waals surface area contributed by atoms with Crippen LogP contribution in [-0.4, -0.2) is 24.5 Å². The number of benzene rings is 1. The van der Waals surface area contributed by atoms with E-state index in [1.54, 1.807) is 30.6 Å². The lowest BCUT2D eigenvalue weighted by Crippen LogP contribution is -2.25. The first-order chi connectivity index (χ1) is 11.3. The molecule has 2 aromatic heterocycles. The van der Waals surface area contributed by atoms with Crippen molar-refractivity contribution >= 4 is 17.2 Å². The Morgan fingerprint density at radius 1 is 1.30 bits per heavy atom. The van der Waals surface area contributed by atoms with E-state index in [1.165, 1.54) is 6.26 Å². The summed E-state index contributed by atoms with van der Waals surface area (Å²) in [5, 5.41) is 5.73. The molecule has 1 amide bonds. The average molecular weight is 328 g/mol. The van der Waals surface area contributed by atoms with Gasteiger partial charge < -0.3 is 14.5 Å². The van der Waals surface area contributed by atoms with Crippen LogP contribution in [0.25, 0.3) is 10.6 Å². The number of amides is 1. The summed E-state index contributed by atoms with van der Waals surface area (Å²) in [6, 6.07) is 11.1. The van der Waals surface area contributed by atoms with Gasteiger partial charge in [0.15, 0.2) is 5.76 Å². The summed E-state index contributed by atoms with van der Waals surface area (Å²) in [5.74, 6) is 0.910. The Balaban J connectivity index is 1.60. The zero-order valence-corrected chi connectivity index (χ0v) is 13.4. The summed E-state index contributed by atoms with van der Waals surface area (Å²) in [5.41, 5.74) is 1.92. The minimum Gasteiger partial charge on any atom is -0.496 e. The number of carbonyl (C=O) groups excluding carboxylic acids is 1. The number of thiazole rings is 1. The molecule has 0 atom stereocenters. The van der Waals surface area contributed by atoms with Crippen molar-refractivity contribution in [1.29, 1.82) is 0 Å². The van der Waals surface area contributed by atoms with Gasteiger partial charge in [-0.25, -0.2) is 4.98 Å². The maximum atomic E-state index is 11.8. The number of ether oxygens (including phenoxy) is 1. The van der Waals surface area contributed by atoms with Crippen molar-refractivity contribution in [3.8, 4) is 16.3 Å². The maximum Gasteiger partial charge on any atom is 0.286 e. The van der Waals surface area contributed by atoms with Crippen LogP contribution in [0.3, 0.4) is 0 Å². The molecule has 5 nitrogen and oxygen atoms in total. The quantitative estimate of drug-likeness (QED) is 0.753. The molecule has 6 heteroatoms. The molecule has 0 fully saturated rings. The molecule has 0 aliphatic carbocycles. The highest BCUT2D eigenvalue weighted by atomic mass is 32.1. The fourth-order valence-electron chi connectivity index (χ4n) is 2.17. The van der Waals surface area contributed by atoms with E-state index in [2.05, 4.69) is 10.3 Å². The lowest BCUT2D eigenvalue weighted by molar-refractivity contribution is 0.0926. The van der Waals surface area contributed by atoms with Gasteiger partial charge in [-0.2, -0.15) is 0 Å². The number of para-hydroxylation sites is 1. The zero-order valence-electron chi connectivity index (χ0n) is 12.6. The molecular weight excluding hydrogens is 312 g/mol. The van der Waals surface area contributed by atoms with E-state index in [-0.39, 0.29) is 5.91 Å². The van der Waals surface area contributed by atoms with E-state index in [0.29, 0.717) is 18.7 Å². The van der Waals surface area contributed by atoms with Gasteiger partial charge >= 0.3 is 0 Å². The number of nitrogens with one attached hydrogen (secondary N) is 1. The smallest absolute Gasteiger partial charge is 0.286 e. The predicted molar refractivity (Wildman–Crippen MR) is 88.8 cm³/mol. The van der Waals surface area contributed by atoms with E-state index in [9.17, 15) is 4.79 Å². The minimum absolute atomic E-state index is 0.213. The van der Waals surface area contributed by atoms with E-state index < -0.39 is 0 Å². The molecule has 3 rings (SSSR count). The number of hydrogen-bond donors (Lipinski definition) is 1. The minimum atomic E-state index is -0.213. The van der Waals surface area contributed by atoms with Crippen LogP contribution in [0.1, 0.15) is 16.2 Å². The number of methoxy groups -OCH3 is 1. The Bertz CT molecular complexity index is 781. The first kappa shape index (κ1) is 15.3. The highest BCUT2D eigenvalue weighted by Gasteiger charge is 2.11. The third-order valence-corrected chi connectivity index (χ3v) is 4.23. The predicted octanol–water partition coefficient (Wildman–Crippen LogP) is 3.38. The fourth-order valence-corrected chi connectivity index (χ4v) is 3.05. The monoisotopic (exact) mass is 328 g/mol. The van der Waals surface area contributed by atoms with Gasteiger partial charge in [-0.3, -0.25) is 4.79 Å². The molecule has 1 N–H and O–H groups in total. The molecular formula is C17H16N2O3S. The Kier molecular flexibility index (Phi) is 4.73. The van der Waals surface area contributed by atoms with Gasteiger partial charge in [-0.15, -0.1) is 11.3 Å². The number of hydrogen-bond acceptors (Lipinski definition) is 5. The fraction of sp³-hybridized carbons (Fsp3) is 0.176. The largest absolute Gasteiger partial charge is 0.496 e. The first-order valence-corrected chi connectivity index (χ1v) is 8.05. The van der Waals surface area contributed by atoms with Crippen LogP contribution in [0.15, 0.2) is 52.5 Å². The summed E-state index contributed by atoms with van der Waals surface area (Å²) in [6.07, 6.45) is 2.15. The Morgan fingerprint density at radius 2 is 2.17 bits per heavy atom. The highest BCUT2D eigenvalue weighted by molar-refractivity contribution is 7.13. The number of nitrogens with zero attached hydrogens (tertiary/aromatic N) is 1. The summed E-state index contributed by atoms with van der Waals surface area (Å²) in [6.45, 7) is 0.509. The van der Waals surface area contributed by atoms with Gasteiger partial charge in [0.2, 0.25) is 0 Å². The number of rotatable bonds is 6. The lowest BCUT2D eigenvalue weighted by atomic mass is 10.2. The van der Waals surface area contributed by atoms with Crippen LogP contribution < -0.4 is 10.1 Å². The summed E-state index contributed by atoms with van der Waals surface area (Å²) in [4.78, 5) is 16.4.